The third kappa shape index (κ3) is 3.43. The van der Waals surface area contributed by atoms with Crippen molar-refractivity contribution in [2.75, 3.05) is 44.7 Å². The first kappa shape index (κ1) is 21.8. The van der Waals surface area contributed by atoms with Gasteiger partial charge in [0.25, 0.3) is 0 Å². The fraction of sp³-hybridized carbons (Fsp3) is 0.654. The number of hydrogen-bond donors (Lipinski definition) is 1. The van der Waals surface area contributed by atoms with Gasteiger partial charge in [0.05, 0.1) is 24.8 Å². The minimum Gasteiger partial charge on any atom is -0.495 e. The molecule has 0 aromatic heterocycles. The van der Waals surface area contributed by atoms with E-state index in [0.717, 1.165) is 56.9 Å². The van der Waals surface area contributed by atoms with Gasteiger partial charge >= 0.3 is 5.97 Å². The molecular formula is C26H36N2O4. The molecule has 2 heterocycles. The highest BCUT2D eigenvalue weighted by atomic mass is 16.6. The number of allylic oxidation sites excluding steroid dienone is 1. The van der Waals surface area contributed by atoms with E-state index in [1.807, 2.05) is 18.2 Å². The Balaban J connectivity index is 1.28. The Morgan fingerprint density at radius 2 is 1.97 bits per heavy atom. The molecule has 0 bridgehead atoms. The summed E-state index contributed by atoms with van der Waals surface area (Å²) in [6.45, 7) is 8.67. The zero-order valence-corrected chi connectivity index (χ0v) is 19.5. The molecule has 2 saturated heterocycles. The summed E-state index contributed by atoms with van der Waals surface area (Å²) in [6, 6.07) is 8.13. The number of hydrogen-bond acceptors (Lipinski definition) is 6. The number of anilines is 1. The maximum Gasteiger partial charge on any atom is 0.311 e. The second-order valence-electron chi connectivity index (χ2n) is 10.3. The Morgan fingerprint density at radius 3 is 2.72 bits per heavy atom. The Kier molecular flexibility index (Phi) is 5.70. The standard InChI is InChI=1S/C26H36N2O4/c1-17-7-6-8-18-15-22-23(24(29)26(17,18)2)19(25(30)32-22)16-27-11-13-28(14-12-27)20-9-4-5-10-21(20)31-3/h4-5,8-10,17,19,22-24,29H,6-7,11-16H2,1-3H3/t17-,19?,22+,23+,24-,26+/m0/s1. The van der Waals surface area contributed by atoms with E-state index in [-0.39, 0.29) is 29.3 Å². The number of benzene rings is 1. The number of esters is 1. The van der Waals surface area contributed by atoms with Crippen LogP contribution in [-0.2, 0) is 9.53 Å². The summed E-state index contributed by atoms with van der Waals surface area (Å²) >= 11 is 0. The van der Waals surface area contributed by atoms with E-state index in [1.165, 1.54) is 5.57 Å². The van der Waals surface area contributed by atoms with Crippen molar-refractivity contribution in [3.05, 3.63) is 35.9 Å². The number of carbonyl (C=O) groups excluding carboxylic acids is 1. The molecule has 5 rings (SSSR count). The Hall–Kier alpha value is -2.05. The summed E-state index contributed by atoms with van der Waals surface area (Å²) < 4.78 is 11.4. The summed E-state index contributed by atoms with van der Waals surface area (Å²) in [6.07, 6.45) is 4.52. The highest BCUT2D eigenvalue weighted by Crippen LogP contribution is 2.56. The Morgan fingerprint density at radius 1 is 1.22 bits per heavy atom. The van der Waals surface area contributed by atoms with E-state index in [0.29, 0.717) is 12.5 Å². The van der Waals surface area contributed by atoms with Crippen LogP contribution >= 0.6 is 0 Å². The smallest absolute Gasteiger partial charge is 0.311 e. The normalized spacial score (nSPS) is 37.4. The van der Waals surface area contributed by atoms with E-state index >= 15 is 0 Å². The quantitative estimate of drug-likeness (QED) is 0.574. The topological polar surface area (TPSA) is 62.2 Å². The molecule has 0 amide bonds. The molecule has 2 aliphatic carbocycles. The maximum absolute atomic E-state index is 12.9. The third-order valence-electron chi connectivity index (χ3n) is 8.82. The largest absolute Gasteiger partial charge is 0.495 e. The van der Waals surface area contributed by atoms with Crippen LogP contribution in [0.25, 0.3) is 0 Å². The van der Waals surface area contributed by atoms with Crippen molar-refractivity contribution in [2.24, 2.45) is 23.2 Å². The van der Waals surface area contributed by atoms with Crippen molar-refractivity contribution in [3.8, 4) is 5.75 Å². The van der Waals surface area contributed by atoms with Crippen LogP contribution in [0.4, 0.5) is 5.69 Å². The minimum atomic E-state index is -0.533. The molecule has 1 unspecified atom stereocenters. The van der Waals surface area contributed by atoms with Gasteiger partial charge in [-0.1, -0.05) is 37.6 Å². The number of ether oxygens (including phenoxy) is 2. The van der Waals surface area contributed by atoms with Crippen LogP contribution in [0, 0.1) is 23.2 Å². The zero-order valence-electron chi connectivity index (χ0n) is 19.5. The van der Waals surface area contributed by atoms with Crippen LogP contribution in [0.15, 0.2) is 35.9 Å². The molecule has 6 nitrogen and oxygen atoms in total. The zero-order chi connectivity index (χ0) is 22.5. The van der Waals surface area contributed by atoms with Crippen LogP contribution < -0.4 is 9.64 Å². The van der Waals surface area contributed by atoms with Gasteiger partial charge < -0.3 is 19.5 Å². The van der Waals surface area contributed by atoms with Gasteiger partial charge in [-0.15, -0.1) is 0 Å². The lowest BCUT2D eigenvalue weighted by Crippen LogP contribution is -2.55. The summed E-state index contributed by atoms with van der Waals surface area (Å²) in [5.41, 5.74) is 2.17. The maximum atomic E-state index is 12.9. The first-order valence-electron chi connectivity index (χ1n) is 12.1. The minimum absolute atomic E-state index is 0.113. The summed E-state index contributed by atoms with van der Waals surface area (Å²) in [4.78, 5) is 17.6. The third-order valence-corrected chi connectivity index (χ3v) is 8.82. The molecule has 0 radical (unpaired) electrons. The van der Waals surface area contributed by atoms with Crippen molar-refractivity contribution in [3.63, 3.8) is 0 Å². The van der Waals surface area contributed by atoms with Gasteiger partial charge in [-0.05, 0) is 30.9 Å². The van der Waals surface area contributed by atoms with Gasteiger partial charge in [0.2, 0.25) is 0 Å². The molecule has 1 aromatic rings. The predicted molar refractivity (Wildman–Crippen MR) is 124 cm³/mol. The van der Waals surface area contributed by atoms with Crippen molar-refractivity contribution < 1.29 is 19.4 Å². The molecular weight excluding hydrogens is 404 g/mol. The average Bonchev–Trinajstić information content (AvgIpc) is 3.11. The number of aliphatic hydroxyl groups excluding tert-OH is 1. The molecule has 6 heteroatoms. The van der Waals surface area contributed by atoms with Gasteiger partial charge in [0.1, 0.15) is 11.9 Å². The number of piperazine rings is 1. The lowest BCUT2D eigenvalue weighted by Gasteiger charge is -2.52. The molecule has 1 N–H and O–H groups in total. The average molecular weight is 441 g/mol. The van der Waals surface area contributed by atoms with Crippen LogP contribution in [0.2, 0.25) is 0 Å². The number of nitrogens with zero attached hydrogens (tertiary/aromatic N) is 2. The van der Waals surface area contributed by atoms with Gasteiger partial charge in [0.15, 0.2) is 0 Å². The van der Waals surface area contributed by atoms with Crippen LogP contribution in [-0.4, -0.2) is 68.0 Å². The van der Waals surface area contributed by atoms with Crippen LogP contribution in [0.5, 0.6) is 5.75 Å². The molecule has 6 atom stereocenters. The fourth-order valence-corrected chi connectivity index (χ4v) is 6.61. The van der Waals surface area contributed by atoms with Crippen LogP contribution in [0.3, 0.4) is 0 Å². The summed E-state index contributed by atoms with van der Waals surface area (Å²) in [5, 5.41) is 11.6. The fourth-order valence-electron chi connectivity index (χ4n) is 6.61. The summed E-state index contributed by atoms with van der Waals surface area (Å²) in [7, 11) is 1.71. The van der Waals surface area contributed by atoms with E-state index < -0.39 is 6.10 Å². The molecule has 2 aliphatic heterocycles. The van der Waals surface area contributed by atoms with E-state index in [9.17, 15) is 9.90 Å². The van der Waals surface area contributed by atoms with Gasteiger partial charge in [-0.3, -0.25) is 9.69 Å². The van der Waals surface area contributed by atoms with Gasteiger partial charge in [-0.2, -0.15) is 0 Å². The number of fused-ring (bicyclic) bond motifs is 2. The number of para-hydroxylation sites is 2. The monoisotopic (exact) mass is 440 g/mol. The molecule has 174 valence electrons. The van der Waals surface area contributed by atoms with Crippen molar-refractivity contribution in [1.29, 1.82) is 0 Å². The number of carbonyl (C=O) groups is 1. The Bertz CT molecular complexity index is 894. The predicted octanol–water partition coefficient (Wildman–Crippen LogP) is 3.10. The van der Waals surface area contributed by atoms with E-state index in [1.54, 1.807) is 7.11 Å². The Labute approximate surface area is 191 Å². The number of aliphatic hydroxyl groups is 1. The van der Waals surface area contributed by atoms with Crippen molar-refractivity contribution >= 4 is 11.7 Å². The number of rotatable bonds is 4. The highest BCUT2D eigenvalue weighted by molar-refractivity contribution is 5.76. The van der Waals surface area contributed by atoms with E-state index in [4.69, 9.17) is 9.47 Å². The molecule has 32 heavy (non-hydrogen) atoms. The summed E-state index contributed by atoms with van der Waals surface area (Å²) in [5.74, 6) is 0.825. The van der Waals surface area contributed by atoms with Crippen LogP contribution in [0.1, 0.15) is 33.1 Å². The van der Waals surface area contributed by atoms with Gasteiger partial charge in [0, 0.05) is 50.5 Å². The lowest BCUT2D eigenvalue weighted by molar-refractivity contribution is -0.145. The first-order chi connectivity index (χ1) is 15.4. The second-order valence-corrected chi connectivity index (χ2v) is 10.3. The molecule has 1 aromatic carbocycles. The van der Waals surface area contributed by atoms with E-state index in [2.05, 4.69) is 35.8 Å². The highest BCUT2D eigenvalue weighted by Gasteiger charge is 2.59. The first-order valence-corrected chi connectivity index (χ1v) is 12.1. The van der Waals surface area contributed by atoms with Crippen molar-refractivity contribution in [2.45, 2.75) is 45.3 Å². The van der Waals surface area contributed by atoms with Gasteiger partial charge in [-0.25, -0.2) is 0 Å². The molecule has 4 aliphatic rings. The SMILES string of the molecule is COc1ccccc1N1CCN(CC2C(=O)O[C@@H]3CC4=CCC[C@H](C)[C@@]4(C)[C@@H](O)[C@H]23)CC1. The second kappa shape index (κ2) is 8.38. The lowest BCUT2D eigenvalue weighted by atomic mass is 9.55. The number of methoxy groups -OCH3 is 1. The molecule has 1 saturated carbocycles. The molecule has 3 fully saturated rings. The molecule has 0 spiro atoms. The van der Waals surface area contributed by atoms with Crippen molar-refractivity contribution in [1.82, 2.24) is 4.90 Å².